The minimum Gasteiger partial charge on any atom is -0.907 e. The van der Waals surface area contributed by atoms with E-state index in [1.807, 2.05) is 0 Å². The summed E-state index contributed by atoms with van der Waals surface area (Å²) in [6.45, 7) is 0. The molecule has 0 heterocycles. The second-order valence-electron chi connectivity index (χ2n) is 0.289. The molecule has 0 aliphatic carbocycles. The van der Waals surface area contributed by atoms with Crippen LogP contribution in [0.3, 0.4) is 0 Å². The van der Waals surface area contributed by atoms with Gasteiger partial charge in [0.25, 0.3) is 0 Å². The van der Waals surface area contributed by atoms with Crippen molar-refractivity contribution >= 4 is 7.32 Å². The van der Waals surface area contributed by atoms with Gasteiger partial charge >= 0.3 is 87.8 Å². The molecular formula is BCsLiO3-. The molecule has 0 aliphatic heterocycles. The molecule has 0 rings (SSSR count). The number of rotatable bonds is 0. The van der Waals surface area contributed by atoms with Crippen molar-refractivity contribution in [1.82, 2.24) is 0 Å². The zero-order valence-electron chi connectivity index (χ0n) is 3.80. The van der Waals surface area contributed by atoms with E-state index in [1.54, 1.807) is 0 Å². The second kappa shape index (κ2) is 10.6. The molecule has 0 aliphatic rings. The average Bonchev–Trinajstić information content (AvgIpc) is 0.811. The summed E-state index contributed by atoms with van der Waals surface area (Å²) >= 11 is 0. The molecule has 0 aromatic heterocycles. The molecule has 0 bridgehead atoms. The van der Waals surface area contributed by atoms with E-state index in [-0.39, 0.29) is 87.8 Å². The molecule has 0 saturated heterocycles. The van der Waals surface area contributed by atoms with Crippen molar-refractivity contribution in [3.05, 3.63) is 0 Å². The molecule has 0 unspecified atom stereocenters. The first-order valence-electron chi connectivity index (χ1n) is 0.707. The van der Waals surface area contributed by atoms with Crippen molar-refractivity contribution in [3.8, 4) is 0 Å². The van der Waals surface area contributed by atoms with Gasteiger partial charge in [-0.15, -0.1) is 0 Å². The number of hydrogen-bond acceptors (Lipinski definition) is 3. The Bertz CT molecular complexity index is 15.5. The van der Waals surface area contributed by atoms with E-state index in [0.717, 1.165) is 0 Å². The first kappa shape index (κ1) is 15.8. The predicted molar refractivity (Wildman–Crippen MR) is 5.75 cm³/mol. The quantitative estimate of drug-likeness (QED) is 0.363. The van der Waals surface area contributed by atoms with Crippen LogP contribution in [0.2, 0.25) is 0 Å². The van der Waals surface area contributed by atoms with E-state index in [4.69, 9.17) is 15.1 Å². The molecular weight excluding hydrogens is 199 g/mol. The van der Waals surface area contributed by atoms with Gasteiger partial charge in [-0.25, -0.2) is 0 Å². The van der Waals surface area contributed by atoms with E-state index in [1.165, 1.54) is 0 Å². The Balaban J connectivity index is -0.0000000450. The zero-order valence-corrected chi connectivity index (χ0v) is 10.1. The second-order valence-corrected chi connectivity index (χ2v) is 0.289. The van der Waals surface area contributed by atoms with Gasteiger partial charge in [0.15, 0.2) is 0 Å². The van der Waals surface area contributed by atoms with Crippen LogP contribution in [0.15, 0.2) is 0 Å². The van der Waals surface area contributed by atoms with E-state index in [9.17, 15) is 0 Å². The van der Waals surface area contributed by atoms with Gasteiger partial charge in [0.2, 0.25) is 0 Å². The van der Waals surface area contributed by atoms with Crippen molar-refractivity contribution in [1.29, 1.82) is 0 Å². The predicted octanol–water partition coefficient (Wildman–Crippen LogP) is -9.94. The Hall–Kier alpha value is 2.59. The smallest absolute Gasteiger partial charge is 0.907 e. The van der Waals surface area contributed by atoms with Gasteiger partial charge in [-0.3, -0.25) is 7.32 Å². The first-order valence-corrected chi connectivity index (χ1v) is 0.707. The van der Waals surface area contributed by atoms with Gasteiger partial charge in [0.1, 0.15) is 0 Å². The van der Waals surface area contributed by atoms with E-state index in [0.29, 0.717) is 0 Å². The van der Waals surface area contributed by atoms with Crippen molar-refractivity contribution < 1.29 is 103 Å². The molecule has 0 aromatic carbocycles. The number of hydrogen-bond donors (Lipinski definition) is 0. The molecule has 0 saturated carbocycles. The van der Waals surface area contributed by atoms with Crippen LogP contribution in [0.25, 0.3) is 0 Å². The summed E-state index contributed by atoms with van der Waals surface area (Å²) in [6, 6.07) is 0. The summed E-state index contributed by atoms with van der Waals surface area (Å²) in [5, 5.41) is 25.2. The van der Waals surface area contributed by atoms with Crippen LogP contribution in [0.4, 0.5) is 0 Å². The zero-order chi connectivity index (χ0) is 3.58. The molecule has 0 fully saturated rings. The van der Waals surface area contributed by atoms with Crippen LogP contribution in [0.1, 0.15) is 0 Å². The maximum Gasteiger partial charge on any atom is 1.00 e. The minimum absolute atomic E-state index is 0. The fourth-order valence-corrected chi connectivity index (χ4v) is 0. The standard InChI is InChI=1S/BO3.Cs.Li/c2-1(3)4;;/q-3;2*+1. The Morgan fingerprint density at radius 2 is 1.00 bits per heavy atom. The Kier molecular flexibility index (Phi) is 27.9. The topological polar surface area (TPSA) is 69.2 Å². The van der Waals surface area contributed by atoms with Crippen LogP contribution >= 0.6 is 0 Å². The molecule has 0 aromatic rings. The fourth-order valence-electron chi connectivity index (χ4n) is 0. The van der Waals surface area contributed by atoms with Crippen LogP contribution < -0.4 is 103 Å². The molecule has 0 N–H and O–H groups in total. The summed E-state index contributed by atoms with van der Waals surface area (Å²) in [6.07, 6.45) is 0. The monoisotopic (exact) mass is 199 g/mol. The average molecular weight is 199 g/mol. The molecule has 6 heteroatoms. The summed E-state index contributed by atoms with van der Waals surface area (Å²) in [7, 11) is -2.92. The van der Waals surface area contributed by atoms with Gasteiger partial charge in [-0.1, -0.05) is 0 Å². The molecule has 24 valence electrons. The Morgan fingerprint density at radius 1 is 1.00 bits per heavy atom. The molecule has 0 amide bonds. The van der Waals surface area contributed by atoms with Crippen molar-refractivity contribution in [3.63, 3.8) is 0 Å². The SMILES string of the molecule is [Cs+].[Li+].[O-]B([O-])[O-]. The maximum atomic E-state index is 8.42. The third-order valence-corrected chi connectivity index (χ3v) is 0. The van der Waals surface area contributed by atoms with Gasteiger partial charge in [0, 0.05) is 0 Å². The third kappa shape index (κ3) is 30.7. The summed E-state index contributed by atoms with van der Waals surface area (Å²) in [4.78, 5) is 0. The molecule has 6 heavy (non-hydrogen) atoms. The first-order chi connectivity index (χ1) is 1.73. The van der Waals surface area contributed by atoms with Crippen LogP contribution in [-0.4, -0.2) is 7.32 Å². The summed E-state index contributed by atoms with van der Waals surface area (Å²) in [5.41, 5.74) is 0. The largest absolute Gasteiger partial charge is 1.00 e. The van der Waals surface area contributed by atoms with Crippen LogP contribution in [0, 0.1) is 0 Å². The molecule has 0 atom stereocenters. The molecule has 0 radical (unpaired) electrons. The van der Waals surface area contributed by atoms with E-state index in [2.05, 4.69) is 0 Å². The summed E-state index contributed by atoms with van der Waals surface area (Å²) in [5.74, 6) is 0. The van der Waals surface area contributed by atoms with Gasteiger partial charge < -0.3 is 15.1 Å². The van der Waals surface area contributed by atoms with Crippen molar-refractivity contribution in [2.75, 3.05) is 0 Å². The van der Waals surface area contributed by atoms with Gasteiger partial charge in [-0.2, -0.15) is 0 Å². The van der Waals surface area contributed by atoms with E-state index >= 15 is 0 Å². The van der Waals surface area contributed by atoms with Crippen LogP contribution in [0.5, 0.6) is 0 Å². The van der Waals surface area contributed by atoms with E-state index < -0.39 is 7.32 Å². The maximum absolute atomic E-state index is 8.42. The van der Waals surface area contributed by atoms with Gasteiger partial charge in [0.05, 0.1) is 0 Å². The van der Waals surface area contributed by atoms with Gasteiger partial charge in [-0.05, 0) is 0 Å². The van der Waals surface area contributed by atoms with Crippen molar-refractivity contribution in [2.45, 2.75) is 0 Å². The van der Waals surface area contributed by atoms with Crippen LogP contribution in [-0.2, 0) is 0 Å². The summed E-state index contributed by atoms with van der Waals surface area (Å²) < 4.78 is 0. The third-order valence-electron chi connectivity index (χ3n) is 0. The van der Waals surface area contributed by atoms with Crippen molar-refractivity contribution in [2.24, 2.45) is 0 Å². The Morgan fingerprint density at radius 3 is 1.00 bits per heavy atom. The molecule has 3 nitrogen and oxygen atoms in total. The minimum atomic E-state index is -2.92. The fraction of sp³-hybridized carbons (Fsp3) is 0. The Labute approximate surface area is 107 Å². The normalized spacial score (nSPS) is 4.50. The molecule has 0 spiro atoms.